The van der Waals surface area contributed by atoms with E-state index >= 15 is 0 Å². The maximum atomic E-state index is 12.6. The summed E-state index contributed by atoms with van der Waals surface area (Å²) in [6.07, 6.45) is 0. The molecule has 0 saturated heterocycles. The predicted molar refractivity (Wildman–Crippen MR) is 83.1 cm³/mol. The Morgan fingerprint density at radius 2 is 1.00 bits per heavy atom. The Balaban J connectivity index is 2.69. The molecule has 0 unspecified atom stereocenters. The van der Waals surface area contributed by atoms with Crippen LogP contribution in [-0.2, 0) is 20.2 Å². The standard InChI is InChI=1S/C14H8F6O6S2/c15-13(16,17)27(21,22)25-10-7-4-8-11(26-28(23,24)14(18,19)20)12(10)9-5-2-1-3-6-9/h1-8H. The van der Waals surface area contributed by atoms with E-state index in [9.17, 15) is 43.2 Å². The molecule has 6 nitrogen and oxygen atoms in total. The van der Waals surface area contributed by atoms with Gasteiger partial charge in [0.2, 0.25) is 0 Å². The van der Waals surface area contributed by atoms with E-state index in [2.05, 4.69) is 8.37 Å². The van der Waals surface area contributed by atoms with E-state index in [-0.39, 0.29) is 5.56 Å². The van der Waals surface area contributed by atoms with E-state index in [1.54, 1.807) is 0 Å². The molecule has 0 aliphatic rings. The van der Waals surface area contributed by atoms with Gasteiger partial charge in [-0.3, -0.25) is 0 Å². The average molecular weight is 450 g/mol. The van der Waals surface area contributed by atoms with E-state index in [1.807, 2.05) is 0 Å². The van der Waals surface area contributed by atoms with Gasteiger partial charge in [-0.25, -0.2) is 0 Å². The highest BCUT2D eigenvalue weighted by atomic mass is 32.2. The van der Waals surface area contributed by atoms with E-state index in [0.717, 1.165) is 18.2 Å². The molecule has 0 aliphatic heterocycles. The predicted octanol–water partition coefficient (Wildman–Crippen LogP) is 3.81. The first kappa shape index (κ1) is 21.8. The summed E-state index contributed by atoms with van der Waals surface area (Å²) < 4.78 is 129. The third-order valence-electron chi connectivity index (χ3n) is 3.02. The molecule has 0 N–H and O–H groups in total. The minimum absolute atomic E-state index is 0.164. The highest BCUT2D eigenvalue weighted by Gasteiger charge is 2.50. The van der Waals surface area contributed by atoms with Gasteiger partial charge in [0.1, 0.15) is 0 Å². The summed E-state index contributed by atoms with van der Waals surface area (Å²) in [5.74, 6) is -2.17. The average Bonchev–Trinajstić information content (AvgIpc) is 2.53. The van der Waals surface area contributed by atoms with E-state index < -0.39 is 48.3 Å². The summed E-state index contributed by atoms with van der Waals surface area (Å²) in [5, 5.41) is 0. The fourth-order valence-electron chi connectivity index (χ4n) is 1.87. The van der Waals surface area contributed by atoms with Gasteiger partial charge >= 0.3 is 31.3 Å². The molecule has 2 rings (SSSR count). The van der Waals surface area contributed by atoms with Gasteiger partial charge in [0.25, 0.3) is 0 Å². The van der Waals surface area contributed by atoms with Gasteiger partial charge in [0.15, 0.2) is 11.5 Å². The Morgan fingerprint density at radius 1 is 0.607 bits per heavy atom. The summed E-state index contributed by atoms with van der Waals surface area (Å²) in [6, 6.07) is 8.53. The van der Waals surface area contributed by atoms with Crippen LogP contribution in [-0.4, -0.2) is 27.9 Å². The molecule has 0 radical (unpaired) electrons. The largest absolute Gasteiger partial charge is 0.534 e. The van der Waals surface area contributed by atoms with E-state index in [0.29, 0.717) is 12.1 Å². The van der Waals surface area contributed by atoms with Crippen molar-refractivity contribution in [1.82, 2.24) is 0 Å². The number of benzene rings is 2. The summed E-state index contributed by atoms with van der Waals surface area (Å²) in [7, 11) is -12.4. The first-order valence-corrected chi connectivity index (χ1v) is 9.67. The molecular formula is C14H8F6O6S2. The third-order valence-corrected chi connectivity index (χ3v) is 4.95. The highest BCUT2D eigenvalue weighted by Crippen LogP contribution is 2.42. The van der Waals surface area contributed by atoms with E-state index in [1.165, 1.54) is 18.2 Å². The Morgan fingerprint density at radius 3 is 1.36 bits per heavy atom. The molecule has 0 atom stereocenters. The van der Waals surface area contributed by atoms with Crippen molar-refractivity contribution in [2.24, 2.45) is 0 Å². The lowest BCUT2D eigenvalue weighted by Crippen LogP contribution is -2.29. The van der Waals surface area contributed by atoms with Gasteiger partial charge in [-0.15, -0.1) is 0 Å². The van der Waals surface area contributed by atoms with Crippen LogP contribution in [0.1, 0.15) is 0 Å². The molecule has 154 valence electrons. The Labute approximate surface area is 154 Å². The lowest BCUT2D eigenvalue weighted by Gasteiger charge is -2.17. The number of hydrogen-bond acceptors (Lipinski definition) is 6. The van der Waals surface area contributed by atoms with Crippen LogP contribution in [0.15, 0.2) is 48.5 Å². The molecule has 0 fully saturated rings. The lowest BCUT2D eigenvalue weighted by atomic mass is 10.0. The Hall–Kier alpha value is -2.48. The first-order valence-electron chi connectivity index (χ1n) is 6.86. The molecule has 0 spiro atoms. The van der Waals surface area contributed by atoms with Crippen LogP contribution in [0.3, 0.4) is 0 Å². The molecular weight excluding hydrogens is 442 g/mol. The summed E-state index contributed by atoms with van der Waals surface area (Å²) >= 11 is 0. The topological polar surface area (TPSA) is 86.7 Å². The number of rotatable bonds is 5. The maximum Gasteiger partial charge on any atom is 0.534 e. The van der Waals surface area contributed by atoms with Gasteiger partial charge in [-0.2, -0.15) is 43.2 Å². The smallest absolute Gasteiger partial charge is 0.375 e. The van der Waals surface area contributed by atoms with Crippen LogP contribution in [0.5, 0.6) is 11.5 Å². The van der Waals surface area contributed by atoms with Gasteiger partial charge in [0, 0.05) is 0 Å². The maximum absolute atomic E-state index is 12.6. The fourth-order valence-corrected chi connectivity index (χ4v) is 2.81. The normalized spacial score (nSPS) is 13.2. The minimum Gasteiger partial charge on any atom is -0.375 e. The molecule has 14 heteroatoms. The van der Waals surface area contributed by atoms with Crippen LogP contribution in [0.2, 0.25) is 0 Å². The van der Waals surface area contributed by atoms with Crippen molar-refractivity contribution in [3.05, 3.63) is 48.5 Å². The monoisotopic (exact) mass is 450 g/mol. The molecule has 0 bridgehead atoms. The van der Waals surface area contributed by atoms with Crippen LogP contribution >= 0.6 is 0 Å². The molecule has 0 heterocycles. The zero-order valence-electron chi connectivity index (χ0n) is 13.2. The van der Waals surface area contributed by atoms with Gasteiger partial charge in [-0.1, -0.05) is 36.4 Å². The minimum atomic E-state index is -6.20. The van der Waals surface area contributed by atoms with Crippen molar-refractivity contribution in [2.75, 3.05) is 0 Å². The van der Waals surface area contributed by atoms with Gasteiger partial charge < -0.3 is 8.37 Å². The highest BCUT2D eigenvalue weighted by molar-refractivity contribution is 7.88. The number of halogens is 6. The molecule has 2 aromatic rings. The zero-order chi connectivity index (χ0) is 21.4. The molecule has 2 aromatic carbocycles. The van der Waals surface area contributed by atoms with Gasteiger partial charge in [-0.05, 0) is 17.7 Å². The second kappa shape index (κ2) is 7.16. The van der Waals surface area contributed by atoms with Crippen molar-refractivity contribution in [3.63, 3.8) is 0 Å². The Kier molecular flexibility index (Phi) is 5.58. The van der Waals surface area contributed by atoms with Crippen molar-refractivity contribution < 1.29 is 51.5 Å². The van der Waals surface area contributed by atoms with Crippen LogP contribution in [0.4, 0.5) is 26.3 Å². The van der Waals surface area contributed by atoms with Crippen molar-refractivity contribution >= 4 is 20.2 Å². The fraction of sp³-hybridized carbons (Fsp3) is 0.143. The third kappa shape index (κ3) is 4.49. The summed E-state index contributed by atoms with van der Waals surface area (Å²) in [4.78, 5) is 0. The van der Waals surface area contributed by atoms with Gasteiger partial charge in [0.05, 0.1) is 5.56 Å². The van der Waals surface area contributed by atoms with Crippen molar-refractivity contribution in [2.45, 2.75) is 11.0 Å². The quantitative estimate of drug-likeness (QED) is 0.391. The first-order chi connectivity index (χ1) is 12.7. The molecule has 0 aromatic heterocycles. The second-order valence-corrected chi connectivity index (χ2v) is 8.04. The second-order valence-electron chi connectivity index (χ2n) is 4.96. The Bertz CT molecular complexity index is 995. The van der Waals surface area contributed by atoms with Crippen molar-refractivity contribution in [3.8, 4) is 22.6 Å². The van der Waals surface area contributed by atoms with Crippen LogP contribution < -0.4 is 8.37 Å². The molecule has 28 heavy (non-hydrogen) atoms. The van der Waals surface area contributed by atoms with Crippen molar-refractivity contribution in [1.29, 1.82) is 0 Å². The zero-order valence-corrected chi connectivity index (χ0v) is 14.8. The molecule has 0 aliphatic carbocycles. The number of alkyl halides is 6. The van der Waals surface area contributed by atoms with E-state index in [4.69, 9.17) is 0 Å². The summed E-state index contributed by atoms with van der Waals surface area (Å²) in [6.45, 7) is 0. The lowest BCUT2D eigenvalue weighted by molar-refractivity contribution is -0.0502. The number of hydrogen-bond donors (Lipinski definition) is 0. The van der Waals surface area contributed by atoms with Crippen LogP contribution in [0, 0.1) is 0 Å². The SMILES string of the molecule is O=S(=O)(Oc1cccc(OS(=O)(=O)C(F)(F)F)c1-c1ccccc1)C(F)(F)F. The van der Waals surface area contributed by atoms with Crippen LogP contribution in [0.25, 0.3) is 11.1 Å². The summed E-state index contributed by atoms with van der Waals surface area (Å²) in [5.41, 5.74) is -12.6. The molecule has 0 saturated carbocycles. The molecule has 0 amide bonds.